The number of fused-ring (bicyclic) bond motifs is 4. The summed E-state index contributed by atoms with van der Waals surface area (Å²) in [6.45, 7) is 3.76. The molecule has 1 aromatic heterocycles. The number of nitrogens with zero attached hydrogens (tertiary/aromatic N) is 2. The molecule has 0 radical (unpaired) electrons. The summed E-state index contributed by atoms with van der Waals surface area (Å²) in [5, 5.41) is 5.58. The molecule has 2 atom stereocenters. The third kappa shape index (κ3) is 6.42. The van der Waals surface area contributed by atoms with Gasteiger partial charge in [0.15, 0.2) is 23.1 Å². The van der Waals surface area contributed by atoms with E-state index in [2.05, 4.69) is 20.6 Å². The molecule has 0 unspecified atom stereocenters. The number of carbonyl (C=O) groups excluding carboxylic acids is 4. The highest BCUT2D eigenvalue weighted by Crippen LogP contribution is 2.47. The molecule has 13 nitrogen and oxygen atoms in total. The molecule has 1 aliphatic carbocycles. The van der Waals surface area contributed by atoms with E-state index in [9.17, 15) is 32.1 Å². The molecule has 244 valence electrons. The Morgan fingerprint density at radius 2 is 1.56 bits per heavy atom. The largest absolute Gasteiger partial charge is 0.619 e. The summed E-state index contributed by atoms with van der Waals surface area (Å²) in [5.41, 5.74) is 0.447. The molecule has 6 rings (SSSR count). The Kier molecular flexibility index (Phi) is 8.82. The lowest BCUT2D eigenvalue weighted by molar-refractivity contribution is -0.123. The number of hydrogen-bond donors (Lipinski definition) is 3. The Hall–Kier alpha value is -5.41. The first-order chi connectivity index (χ1) is 22.9. The summed E-state index contributed by atoms with van der Waals surface area (Å²) in [4.78, 5) is 61.2. The Morgan fingerprint density at radius 1 is 0.896 bits per heavy atom. The second kappa shape index (κ2) is 13.0. The number of rotatable bonds is 10. The molecule has 3 N–H and O–H groups in total. The molecular weight excluding hydrogens is 639 g/mol. The molecule has 0 fully saturated rings. The summed E-state index contributed by atoms with van der Waals surface area (Å²) >= 11 is 0. The maximum atomic E-state index is 13.9. The topological polar surface area (TPSA) is 191 Å². The Bertz CT molecular complexity index is 2040. The first-order valence-corrected chi connectivity index (χ1v) is 16.5. The van der Waals surface area contributed by atoms with Gasteiger partial charge in [0.1, 0.15) is 16.6 Å². The van der Waals surface area contributed by atoms with Crippen LogP contribution in [0.1, 0.15) is 68.2 Å². The van der Waals surface area contributed by atoms with Gasteiger partial charge < -0.3 is 19.9 Å². The first kappa shape index (κ1) is 32.5. The van der Waals surface area contributed by atoms with Crippen LogP contribution in [0.15, 0.2) is 84.1 Å². The molecule has 0 spiro atoms. The third-order valence-electron chi connectivity index (χ3n) is 7.92. The molecule has 4 aromatic rings. The van der Waals surface area contributed by atoms with Crippen molar-refractivity contribution in [1.29, 1.82) is 0 Å². The van der Waals surface area contributed by atoms with Crippen LogP contribution >= 0.6 is 0 Å². The van der Waals surface area contributed by atoms with Gasteiger partial charge in [-0.05, 0) is 24.0 Å². The second-order valence-electron chi connectivity index (χ2n) is 11.8. The molecule has 0 saturated carbocycles. The van der Waals surface area contributed by atoms with Crippen molar-refractivity contribution in [2.24, 2.45) is 5.92 Å². The van der Waals surface area contributed by atoms with Gasteiger partial charge in [0.05, 0.1) is 17.7 Å². The van der Waals surface area contributed by atoms with Crippen LogP contribution < -0.4 is 19.9 Å². The number of nitrogens with one attached hydrogen (secondary N) is 2. The van der Waals surface area contributed by atoms with Crippen LogP contribution in [0.4, 0.5) is 0 Å². The normalized spacial score (nSPS) is 14.6. The van der Waals surface area contributed by atoms with E-state index in [-0.39, 0.29) is 52.5 Å². The van der Waals surface area contributed by atoms with E-state index >= 15 is 0 Å². The van der Waals surface area contributed by atoms with Crippen molar-refractivity contribution in [3.8, 4) is 11.5 Å². The molecule has 48 heavy (non-hydrogen) atoms. The van der Waals surface area contributed by atoms with Crippen LogP contribution in [0.5, 0.6) is 11.5 Å². The summed E-state index contributed by atoms with van der Waals surface area (Å²) in [5.74, 6) is -4.27. The quantitative estimate of drug-likeness (QED) is 0.147. The number of carbonyl (C=O) groups is 4. The highest BCUT2D eigenvalue weighted by molar-refractivity contribution is 7.86. The van der Waals surface area contributed by atoms with Gasteiger partial charge >= 0.3 is 7.12 Å². The predicted molar refractivity (Wildman–Crippen MR) is 171 cm³/mol. The number of hydrogen-bond acceptors (Lipinski definition) is 10. The van der Waals surface area contributed by atoms with E-state index in [1.165, 1.54) is 30.7 Å². The highest BCUT2D eigenvalue weighted by atomic mass is 32.2. The lowest BCUT2D eigenvalue weighted by Gasteiger charge is -2.25. The van der Waals surface area contributed by atoms with Crippen molar-refractivity contribution in [2.45, 2.75) is 43.6 Å². The van der Waals surface area contributed by atoms with Crippen LogP contribution in [0, 0.1) is 5.92 Å². The number of amides is 2. The summed E-state index contributed by atoms with van der Waals surface area (Å²) in [6, 6.07) is 14.9. The zero-order chi connectivity index (χ0) is 34.2. The minimum atomic E-state index is -4.98. The monoisotopic (exact) mass is 668 g/mol. The van der Waals surface area contributed by atoms with Gasteiger partial charge in [0, 0.05) is 35.5 Å². The highest BCUT2D eigenvalue weighted by Gasteiger charge is 2.48. The predicted octanol–water partition coefficient (Wildman–Crippen LogP) is 2.87. The Morgan fingerprint density at radius 3 is 2.21 bits per heavy atom. The Labute approximate surface area is 276 Å². The average Bonchev–Trinajstić information content (AvgIpc) is 3.51. The molecular formula is C33H29BN4O9S. The van der Waals surface area contributed by atoms with Gasteiger partial charge in [0.2, 0.25) is 5.91 Å². The van der Waals surface area contributed by atoms with Crippen molar-refractivity contribution in [3.05, 3.63) is 113 Å². The molecule has 15 heteroatoms. The lowest BCUT2D eigenvalue weighted by Crippen LogP contribution is -2.57. The maximum Gasteiger partial charge on any atom is 0.619 e. The molecule has 2 amide bonds. The zero-order valence-electron chi connectivity index (χ0n) is 25.7. The fourth-order valence-electron chi connectivity index (χ4n) is 5.75. The smallest absolute Gasteiger partial charge is 0.521 e. The van der Waals surface area contributed by atoms with Crippen LogP contribution in [-0.4, -0.2) is 65.4 Å². The van der Waals surface area contributed by atoms with E-state index < -0.39 is 63.2 Å². The van der Waals surface area contributed by atoms with Gasteiger partial charge in [0.25, 0.3) is 16.0 Å². The standard InChI is InChI=1S/C33H29BN4O9S/c1-18(2)14-26(38-32(41)23(15-19-8-4-3-5-9-19)37-33(42)24-17-35-12-13-36-24)34-46-30-25(48(43,44)45)16-22-27(31(30)47-34)29(40)21-11-7-6-10-20(21)28(22)39/h3-13,16-18,23,26H,14-15H2,1-2H3,(H,37,42)(H,38,41)(H,43,44,45)/t23-,26-/m0/s1. The molecule has 2 heterocycles. The van der Waals surface area contributed by atoms with Crippen molar-refractivity contribution in [2.75, 3.05) is 0 Å². The molecule has 0 bridgehead atoms. The van der Waals surface area contributed by atoms with E-state index in [0.29, 0.717) is 0 Å². The van der Waals surface area contributed by atoms with Crippen LogP contribution in [0.2, 0.25) is 0 Å². The third-order valence-corrected chi connectivity index (χ3v) is 8.78. The minimum Gasteiger partial charge on any atom is -0.521 e. The van der Waals surface area contributed by atoms with E-state index in [1.54, 1.807) is 36.4 Å². The lowest BCUT2D eigenvalue weighted by atomic mass is 9.74. The maximum absolute atomic E-state index is 13.9. The SMILES string of the molecule is CC(C)C[C@H](NC(=O)[C@H](Cc1ccccc1)NC(=O)c1cnccn1)B1Oc2c(S(=O)(=O)O)cc3c(c2O1)C(=O)c1ccccc1C3=O. The van der Waals surface area contributed by atoms with Crippen molar-refractivity contribution < 1.29 is 41.5 Å². The van der Waals surface area contributed by atoms with Crippen LogP contribution in [0.25, 0.3) is 0 Å². The Balaban J connectivity index is 1.34. The number of benzene rings is 3. The molecule has 3 aromatic carbocycles. The van der Waals surface area contributed by atoms with Gasteiger partial charge in [-0.15, -0.1) is 0 Å². The minimum absolute atomic E-state index is 0.00306. The summed E-state index contributed by atoms with van der Waals surface area (Å²) in [6.07, 6.45) is 4.39. The van der Waals surface area contributed by atoms with Gasteiger partial charge in [-0.25, -0.2) is 4.98 Å². The van der Waals surface area contributed by atoms with Gasteiger partial charge in [-0.3, -0.25) is 28.7 Å². The molecule has 2 aliphatic rings. The van der Waals surface area contributed by atoms with Gasteiger partial charge in [-0.2, -0.15) is 8.42 Å². The number of aromatic nitrogens is 2. The van der Waals surface area contributed by atoms with Crippen molar-refractivity contribution in [3.63, 3.8) is 0 Å². The van der Waals surface area contributed by atoms with Crippen molar-refractivity contribution in [1.82, 2.24) is 20.6 Å². The van der Waals surface area contributed by atoms with Crippen LogP contribution in [-0.2, 0) is 21.3 Å². The average molecular weight is 668 g/mol. The number of ketones is 2. The summed E-state index contributed by atoms with van der Waals surface area (Å²) < 4.78 is 47.3. The summed E-state index contributed by atoms with van der Waals surface area (Å²) in [7, 11) is -6.36. The fourth-order valence-corrected chi connectivity index (χ4v) is 6.39. The first-order valence-electron chi connectivity index (χ1n) is 15.0. The second-order valence-corrected chi connectivity index (χ2v) is 13.2. The fraction of sp³-hybridized carbons (Fsp3) is 0.212. The van der Waals surface area contributed by atoms with Crippen molar-refractivity contribution >= 4 is 40.6 Å². The van der Waals surface area contributed by atoms with Crippen LogP contribution in [0.3, 0.4) is 0 Å². The van der Waals surface area contributed by atoms with E-state index in [0.717, 1.165) is 11.6 Å². The van der Waals surface area contributed by atoms with Gasteiger partial charge in [-0.1, -0.05) is 68.4 Å². The molecule has 1 aliphatic heterocycles. The van der Waals surface area contributed by atoms with E-state index in [4.69, 9.17) is 9.31 Å². The zero-order valence-corrected chi connectivity index (χ0v) is 26.6. The molecule has 0 saturated heterocycles. The van der Waals surface area contributed by atoms with E-state index in [1.807, 2.05) is 19.9 Å².